The number of furan rings is 1. The number of hydrogen-bond donors (Lipinski definition) is 1. The zero-order valence-electron chi connectivity index (χ0n) is 9.53. The van der Waals surface area contributed by atoms with Crippen molar-refractivity contribution in [1.29, 1.82) is 0 Å². The Balaban J connectivity index is 2.29. The van der Waals surface area contributed by atoms with Gasteiger partial charge in [-0.3, -0.25) is 0 Å². The number of hydrogen-bond acceptors (Lipinski definition) is 4. The molecule has 2 aromatic heterocycles. The van der Waals surface area contributed by atoms with Crippen molar-refractivity contribution in [3.63, 3.8) is 0 Å². The van der Waals surface area contributed by atoms with Crippen molar-refractivity contribution in [2.24, 2.45) is 0 Å². The fourth-order valence-electron chi connectivity index (χ4n) is 1.46. The predicted octanol–water partition coefficient (Wildman–Crippen LogP) is 2.87. The molecule has 0 aliphatic heterocycles. The first-order valence-corrected chi connectivity index (χ1v) is 5.43. The highest BCUT2D eigenvalue weighted by molar-refractivity contribution is 5.56. The van der Waals surface area contributed by atoms with Crippen LogP contribution >= 0.6 is 0 Å². The molecule has 2 heterocycles. The number of nitrogens with one attached hydrogen (secondary N) is 1. The van der Waals surface area contributed by atoms with Gasteiger partial charge >= 0.3 is 0 Å². The standard InChI is InChI=1S/C12H15N3O/c1-3-6-13-12-8-10(14-9(2)15-12)11-5-4-7-16-11/h4-5,7-8H,3,6H2,1-2H3,(H,13,14,15). The molecule has 1 N–H and O–H groups in total. The second-order valence-electron chi connectivity index (χ2n) is 3.59. The number of aromatic nitrogens is 2. The average Bonchev–Trinajstić information content (AvgIpc) is 2.79. The molecule has 0 saturated carbocycles. The lowest BCUT2D eigenvalue weighted by molar-refractivity contribution is 0.579. The van der Waals surface area contributed by atoms with Crippen LogP contribution < -0.4 is 5.32 Å². The van der Waals surface area contributed by atoms with Crippen LogP contribution in [0.1, 0.15) is 19.2 Å². The summed E-state index contributed by atoms with van der Waals surface area (Å²) in [6.07, 6.45) is 2.71. The number of rotatable bonds is 4. The van der Waals surface area contributed by atoms with Crippen LogP contribution in [0.25, 0.3) is 11.5 Å². The van der Waals surface area contributed by atoms with E-state index < -0.39 is 0 Å². The molecule has 0 spiro atoms. The second kappa shape index (κ2) is 4.79. The smallest absolute Gasteiger partial charge is 0.152 e. The summed E-state index contributed by atoms with van der Waals surface area (Å²) in [6, 6.07) is 5.65. The molecular weight excluding hydrogens is 202 g/mol. The van der Waals surface area contributed by atoms with Crippen LogP contribution in [0.3, 0.4) is 0 Å². The molecule has 0 aliphatic rings. The van der Waals surface area contributed by atoms with Gasteiger partial charge in [-0.15, -0.1) is 0 Å². The third-order valence-electron chi connectivity index (χ3n) is 2.17. The van der Waals surface area contributed by atoms with Crippen molar-refractivity contribution in [1.82, 2.24) is 9.97 Å². The van der Waals surface area contributed by atoms with Gasteiger partial charge in [-0.1, -0.05) is 6.92 Å². The lowest BCUT2D eigenvalue weighted by Gasteiger charge is -2.06. The van der Waals surface area contributed by atoms with E-state index in [-0.39, 0.29) is 0 Å². The van der Waals surface area contributed by atoms with Gasteiger partial charge in [0, 0.05) is 12.6 Å². The van der Waals surface area contributed by atoms with Crippen molar-refractivity contribution in [3.05, 3.63) is 30.3 Å². The third-order valence-corrected chi connectivity index (χ3v) is 2.17. The Morgan fingerprint density at radius 3 is 2.94 bits per heavy atom. The van der Waals surface area contributed by atoms with Gasteiger partial charge in [0.15, 0.2) is 5.76 Å². The molecule has 0 amide bonds. The summed E-state index contributed by atoms with van der Waals surface area (Å²) in [5.74, 6) is 2.36. The molecule has 0 aliphatic carbocycles. The molecule has 84 valence electrons. The molecule has 0 aromatic carbocycles. The molecule has 0 bridgehead atoms. The minimum atomic E-state index is 0.743. The van der Waals surface area contributed by atoms with Crippen molar-refractivity contribution >= 4 is 5.82 Å². The van der Waals surface area contributed by atoms with Crippen LogP contribution in [0, 0.1) is 6.92 Å². The van der Waals surface area contributed by atoms with Crippen LogP contribution in [0.5, 0.6) is 0 Å². The average molecular weight is 217 g/mol. The molecule has 0 radical (unpaired) electrons. The van der Waals surface area contributed by atoms with Crippen LogP contribution in [-0.4, -0.2) is 16.5 Å². The minimum absolute atomic E-state index is 0.743. The van der Waals surface area contributed by atoms with Crippen molar-refractivity contribution < 1.29 is 4.42 Å². The lowest BCUT2D eigenvalue weighted by atomic mass is 10.3. The number of anilines is 1. The maximum atomic E-state index is 5.32. The molecular formula is C12H15N3O. The van der Waals surface area contributed by atoms with E-state index in [1.165, 1.54) is 0 Å². The highest BCUT2D eigenvalue weighted by Crippen LogP contribution is 2.19. The number of aryl methyl sites for hydroxylation is 1. The van der Waals surface area contributed by atoms with Gasteiger partial charge in [0.2, 0.25) is 0 Å². The SMILES string of the molecule is CCCNc1cc(-c2ccco2)nc(C)n1. The monoisotopic (exact) mass is 217 g/mol. The normalized spacial score (nSPS) is 10.4. The third kappa shape index (κ3) is 2.39. The molecule has 2 aromatic rings. The molecule has 0 atom stereocenters. The first-order valence-electron chi connectivity index (χ1n) is 5.43. The van der Waals surface area contributed by atoms with Gasteiger partial charge in [0.05, 0.1) is 6.26 Å². The molecule has 4 heteroatoms. The zero-order chi connectivity index (χ0) is 11.4. The summed E-state index contributed by atoms with van der Waals surface area (Å²) in [6.45, 7) is 4.91. The number of nitrogens with zero attached hydrogens (tertiary/aromatic N) is 2. The van der Waals surface area contributed by atoms with Gasteiger partial charge in [0.25, 0.3) is 0 Å². The van der Waals surface area contributed by atoms with E-state index in [2.05, 4.69) is 22.2 Å². The maximum Gasteiger partial charge on any atom is 0.152 e. The Morgan fingerprint density at radius 2 is 2.25 bits per heavy atom. The fraction of sp³-hybridized carbons (Fsp3) is 0.333. The predicted molar refractivity (Wildman–Crippen MR) is 63.3 cm³/mol. The Kier molecular flexibility index (Phi) is 3.19. The maximum absolute atomic E-state index is 5.32. The van der Waals surface area contributed by atoms with Gasteiger partial charge in [-0.2, -0.15) is 0 Å². The van der Waals surface area contributed by atoms with E-state index in [4.69, 9.17) is 4.42 Å². The second-order valence-corrected chi connectivity index (χ2v) is 3.59. The molecule has 0 unspecified atom stereocenters. The summed E-state index contributed by atoms with van der Waals surface area (Å²) < 4.78 is 5.32. The molecule has 0 saturated heterocycles. The Labute approximate surface area is 94.7 Å². The van der Waals surface area contributed by atoms with Gasteiger partial charge in [-0.05, 0) is 25.5 Å². The van der Waals surface area contributed by atoms with Crippen LogP contribution in [0.2, 0.25) is 0 Å². The van der Waals surface area contributed by atoms with Crippen LogP contribution in [0.4, 0.5) is 5.82 Å². The largest absolute Gasteiger partial charge is 0.463 e. The lowest BCUT2D eigenvalue weighted by Crippen LogP contribution is -2.04. The zero-order valence-corrected chi connectivity index (χ0v) is 9.53. The van der Waals surface area contributed by atoms with Gasteiger partial charge < -0.3 is 9.73 Å². The highest BCUT2D eigenvalue weighted by Gasteiger charge is 2.05. The first-order chi connectivity index (χ1) is 7.79. The summed E-state index contributed by atoms with van der Waals surface area (Å²) in [5.41, 5.74) is 0.816. The Hall–Kier alpha value is -1.84. The van der Waals surface area contributed by atoms with Crippen molar-refractivity contribution in [2.75, 3.05) is 11.9 Å². The molecule has 0 fully saturated rings. The summed E-state index contributed by atoms with van der Waals surface area (Å²) in [5, 5.41) is 3.24. The van der Waals surface area contributed by atoms with Crippen LogP contribution in [0.15, 0.2) is 28.9 Å². The highest BCUT2D eigenvalue weighted by atomic mass is 16.3. The van der Waals surface area contributed by atoms with E-state index in [1.807, 2.05) is 25.1 Å². The van der Waals surface area contributed by atoms with Gasteiger partial charge in [-0.25, -0.2) is 9.97 Å². The van der Waals surface area contributed by atoms with E-state index >= 15 is 0 Å². The minimum Gasteiger partial charge on any atom is -0.463 e. The summed E-state index contributed by atoms with van der Waals surface area (Å²) >= 11 is 0. The van der Waals surface area contributed by atoms with E-state index in [9.17, 15) is 0 Å². The Bertz CT molecular complexity index is 451. The Morgan fingerprint density at radius 1 is 1.38 bits per heavy atom. The first kappa shape index (κ1) is 10.7. The molecule has 2 rings (SSSR count). The topological polar surface area (TPSA) is 51.0 Å². The van der Waals surface area contributed by atoms with E-state index in [0.29, 0.717) is 0 Å². The van der Waals surface area contributed by atoms with Crippen molar-refractivity contribution in [3.8, 4) is 11.5 Å². The quantitative estimate of drug-likeness (QED) is 0.855. The van der Waals surface area contributed by atoms with Gasteiger partial charge in [0.1, 0.15) is 17.3 Å². The summed E-state index contributed by atoms with van der Waals surface area (Å²) in [4.78, 5) is 8.66. The fourth-order valence-corrected chi connectivity index (χ4v) is 1.46. The van der Waals surface area contributed by atoms with Crippen molar-refractivity contribution in [2.45, 2.75) is 20.3 Å². The molecule has 16 heavy (non-hydrogen) atoms. The molecule has 4 nitrogen and oxygen atoms in total. The van der Waals surface area contributed by atoms with E-state index in [0.717, 1.165) is 36.1 Å². The summed E-state index contributed by atoms with van der Waals surface area (Å²) in [7, 11) is 0. The van der Waals surface area contributed by atoms with Crippen LogP contribution in [-0.2, 0) is 0 Å². The van der Waals surface area contributed by atoms with E-state index in [1.54, 1.807) is 6.26 Å².